The van der Waals surface area contributed by atoms with Crippen molar-refractivity contribution in [2.75, 3.05) is 38.4 Å². The predicted molar refractivity (Wildman–Crippen MR) is 121 cm³/mol. The first-order valence-electron chi connectivity index (χ1n) is 9.74. The number of methoxy groups -OCH3 is 3. The Labute approximate surface area is 184 Å². The monoisotopic (exact) mass is 450 g/mol. The number of carbonyl (C=O) groups excluding carboxylic acids is 1. The Kier molecular flexibility index (Phi) is 8.15. The van der Waals surface area contributed by atoms with Crippen molar-refractivity contribution in [2.24, 2.45) is 0 Å². The second kappa shape index (κ2) is 10.4. The number of sulfonamides is 1. The van der Waals surface area contributed by atoms with Crippen LogP contribution in [0, 0.1) is 0 Å². The largest absolute Gasteiger partial charge is 0.493 e. The van der Waals surface area contributed by atoms with E-state index < -0.39 is 15.9 Å². The number of rotatable bonds is 10. The summed E-state index contributed by atoms with van der Waals surface area (Å²) in [7, 11) is 0.862. The molecular formula is C22H30N2O6S. The van der Waals surface area contributed by atoms with Gasteiger partial charge in [0, 0.05) is 12.1 Å². The minimum Gasteiger partial charge on any atom is -0.493 e. The molecule has 0 aliphatic rings. The van der Waals surface area contributed by atoms with E-state index in [-0.39, 0.29) is 13.1 Å². The Balaban J connectivity index is 2.17. The molecule has 9 heteroatoms. The summed E-state index contributed by atoms with van der Waals surface area (Å²) in [6.07, 6.45) is 1.08. The highest BCUT2D eigenvalue weighted by molar-refractivity contribution is 7.92. The normalized spacial score (nSPS) is 11.2. The molecule has 31 heavy (non-hydrogen) atoms. The maximum absolute atomic E-state index is 12.6. The first-order chi connectivity index (χ1) is 14.6. The molecule has 2 rings (SSSR count). The van der Waals surface area contributed by atoms with Crippen LogP contribution in [0.5, 0.6) is 17.2 Å². The third-order valence-corrected chi connectivity index (χ3v) is 5.94. The van der Waals surface area contributed by atoms with Crippen LogP contribution < -0.4 is 23.8 Å². The second-order valence-corrected chi connectivity index (χ2v) is 9.19. The number of ether oxygens (including phenoxy) is 3. The van der Waals surface area contributed by atoms with E-state index in [1.807, 2.05) is 12.1 Å². The topological polar surface area (TPSA) is 94.2 Å². The number of nitrogens with zero attached hydrogens (tertiary/aromatic N) is 1. The lowest BCUT2D eigenvalue weighted by Gasteiger charge is -2.22. The zero-order valence-electron chi connectivity index (χ0n) is 18.8. The van der Waals surface area contributed by atoms with Crippen LogP contribution in [-0.4, -0.2) is 48.5 Å². The number of hydrogen-bond donors (Lipinski definition) is 1. The van der Waals surface area contributed by atoms with Crippen molar-refractivity contribution in [3.63, 3.8) is 0 Å². The van der Waals surface area contributed by atoms with Gasteiger partial charge in [-0.2, -0.15) is 0 Å². The minimum absolute atomic E-state index is 0.131. The average molecular weight is 451 g/mol. The number of amides is 1. The van der Waals surface area contributed by atoms with Crippen LogP contribution in [0.15, 0.2) is 36.4 Å². The molecule has 0 unspecified atom stereocenters. The lowest BCUT2D eigenvalue weighted by Crippen LogP contribution is -2.40. The first kappa shape index (κ1) is 24.3. The van der Waals surface area contributed by atoms with Crippen molar-refractivity contribution in [2.45, 2.75) is 26.3 Å². The fraction of sp³-hybridized carbons (Fsp3) is 0.409. The molecule has 0 atom stereocenters. The molecule has 0 spiro atoms. The van der Waals surface area contributed by atoms with Gasteiger partial charge in [-0.15, -0.1) is 0 Å². The van der Waals surface area contributed by atoms with E-state index >= 15 is 0 Å². The molecule has 0 radical (unpaired) electrons. The molecule has 0 saturated heterocycles. The third kappa shape index (κ3) is 6.04. The van der Waals surface area contributed by atoms with Gasteiger partial charge >= 0.3 is 0 Å². The number of benzene rings is 2. The molecule has 0 aliphatic heterocycles. The summed E-state index contributed by atoms with van der Waals surface area (Å²) in [5.41, 5.74) is 2.19. The molecule has 0 fully saturated rings. The number of anilines is 1. The van der Waals surface area contributed by atoms with Crippen LogP contribution in [0.2, 0.25) is 0 Å². The summed E-state index contributed by atoms with van der Waals surface area (Å²) in [5, 5.41) is 2.74. The van der Waals surface area contributed by atoms with Crippen molar-refractivity contribution in [1.82, 2.24) is 5.32 Å². The molecule has 1 N–H and O–H groups in total. The van der Waals surface area contributed by atoms with Gasteiger partial charge in [0.25, 0.3) is 0 Å². The molecule has 0 saturated carbocycles. The van der Waals surface area contributed by atoms with Crippen molar-refractivity contribution in [1.29, 1.82) is 0 Å². The fourth-order valence-electron chi connectivity index (χ4n) is 3.11. The van der Waals surface area contributed by atoms with Gasteiger partial charge in [-0.05, 0) is 35.7 Å². The highest BCUT2D eigenvalue weighted by atomic mass is 32.2. The Morgan fingerprint density at radius 2 is 1.58 bits per heavy atom. The Bertz CT molecular complexity index is 1000. The summed E-state index contributed by atoms with van der Waals surface area (Å²) in [6.45, 7) is 3.90. The maximum Gasteiger partial charge on any atom is 0.241 e. The summed E-state index contributed by atoms with van der Waals surface area (Å²) in [4.78, 5) is 12.6. The fourth-order valence-corrected chi connectivity index (χ4v) is 3.96. The first-order valence-corrected chi connectivity index (χ1v) is 11.6. The van der Waals surface area contributed by atoms with E-state index in [0.29, 0.717) is 34.4 Å². The van der Waals surface area contributed by atoms with Crippen LogP contribution in [0.1, 0.15) is 30.9 Å². The van der Waals surface area contributed by atoms with Crippen molar-refractivity contribution in [3.8, 4) is 17.2 Å². The average Bonchev–Trinajstić information content (AvgIpc) is 2.74. The van der Waals surface area contributed by atoms with Gasteiger partial charge in [0.2, 0.25) is 21.7 Å². The zero-order valence-corrected chi connectivity index (χ0v) is 19.6. The molecule has 0 bridgehead atoms. The molecule has 0 aromatic heterocycles. The Morgan fingerprint density at radius 1 is 0.968 bits per heavy atom. The summed E-state index contributed by atoms with van der Waals surface area (Å²) in [5.74, 6) is 1.23. The summed E-state index contributed by atoms with van der Waals surface area (Å²) >= 11 is 0. The zero-order chi connectivity index (χ0) is 23.2. The number of nitrogens with one attached hydrogen (secondary N) is 1. The lowest BCUT2D eigenvalue weighted by molar-refractivity contribution is -0.119. The molecule has 0 heterocycles. The van der Waals surface area contributed by atoms with Gasteiger partial charge in [-0.25, -0.2) is 8.42 Å². The molecular weight excluding hydrogens is 420 g/mol. The molecule has 1 amide bonds. The van der Waals surface area contributed by atoms with Crippen molar-refractivity contribution < 1.29 is 27.4 Å². The third-order valence-electron chi connectivity index (χ3n) is 4.80. The molecule has 2 aromatic rings. The molecule has 170 valence electrons. The lowest BCUT2D eigenvalue weighted by atomic mass is 10.0. The van der Waals surface area contributed by atoms with Crippen LogP contribution in [0.4, 0.5) is 5.69 Å². The Morgan fingerprint density at radius 3 is 2.06 bits per heavy atom. The van der Waals surface area contributed by atoms with Crippen LogP contribution >= 0.6 is 0 Å². The molecule has 8 nitrogen and oxygen atoms in total. The smallest absolute Gasteiger partial charge is 0.241 e. The summed E-state index contributed by atoms with van der Waals surface area (Å²) < 4.78 is 41.7. The van der Waals surface area contributed by atoms with Crippen LogP contribution in [0.25, 0.3) is 0 Å². The van der Waals surface area contributed by atoms with Crippen LogP contribution in [0.3, 0.4) is 0 Å². The molecule has 2 aromatic carbocycles. The van der Waals surface area contributed by atoms with Gasteiger partial charge in [-0.1, -0.05) is 26.0 Å². The SMILES string of the molecule is COc1ccc(CNC(=O)CN(c2ccc(C(C)C)cc2)S(C)(=O)=O)c(OC)c1OC. The standard InChI is InChI=1S/C22H30N2O6S/c1-15(2)16-7-10-18(11-8-16)24(31(6,26)27)14-20(25)23-13-17-9-12-19(28-3)22(30-5)21(17)29-4/h7-12,15H,13-14H2,1-6H3,(H,23,25). The van der Waals surface area contributed by atoms with Crippen molar-refractivity contribution in [3.05, 3.63) is 47.5 Å². The van der Waals surface area contributed by atoms with E-state index in [2.05, 4.69) is 19.2 Å². The van der Waals surface area contributed by atoms with Crippen molar-refractivity contribution >= 4 is 21.6 Å². The number of hydrogen-bond acceptors (Lipinski definition) is 6. The maximum atomic E-state index is 12.6. The van der Waals surface area contributed by atoms with E-state index in [9.17, 15) is 13.2 Å². The van der Waals surface area contributed by atoms with Gasteiger partial charge in [-0.3, -0.25) is 9.10 Å². The van der Waals surface area contributed by atoms with E-state index in [0.717, 1.165) is 16.1 Å². The number of carbonyl (C=O) groups is 1. The molecule has 0 aliphatic carbocycles. The van der Waals surface area contributed by atoms with Gasteiger partial charge in [0.15, 0.2) is 11.5 Å². The van der Waals surface area contributed by atoms with Gasteiger partial charge < -0.3 is 19.5 Å². The van der Waals surface area contributed by atoms with Gasteiger partial charge in [0.05, 0.1) is 33.3 Å². The minimum atomic E-state index is -3.65. The van der Waals surface area contributed by atoms with E-state index in [1.54, 1.807) is 24.3 Å². The van der Waals surface area contributed by atoms with Gasteiger partial charge in [0.1, 0.15) is 6.54 Å². The quantitative estimate of drug-likeness (QED) is 0.598. The highest BCUT2D eigenvalue weighted by Crippen LogP contribution is 2.39. The van der Waals surface area contributed by atoms with Crippen LogP contribution in [-0.2, 0) is 21.4 Å². The van der Waals surface area contributed by atoms with E-state index in [1.165, 1.54) is 21.3 Å². The predicted octanol–water partition coefficient (Wildman–Crippen LogP) is 2.92. The summed E-state index contributed by atoms with van der Waals surface area (Å²) in [6, 6.07) is 10.6. The second-order valence-electron chi connectivity index (χ2n) is 7.29. The van der Waals surface area contributed by atoms with E-state index in [4.69, 9.17) is 14.2 Å². The Hall–Kier alpha value is -2.94. The highest BCUT2D eigenvalue weighted by Gasteiger charge is 2.22.